The van der Waals surface area contributed by atoms with E-state index in [9.17, 15) is 0 Å². The summed E-state index contributed by atoms with van der Waals surface area (Å²) in [6.45, 7) is 0. The highest BCUT2D eigenvalue weighted by Crippen LogP contribution is 2.35. The fourth-order valence-electron chi connectivity index (χ4n) is 3.75. The van der Waals surface area contributed by atoms with Gasteiger partial charge in [-0.3, -0.25) is 0 Å². The molecular weight excluding hydrogens is 362 g/mol. The molecule has 5 rings (SSSR count). The Hall–Kier alpha value is -3.84. The van der Waals surface area contributed by atoms with E-state index in [1.807, 2.05) is 54.4 Å². The van der Waals surface area contributed by atoms with E-state index in [4.69, 9.17) is 6.85 Å². The normalized spacial score (nSPS) is 13.2. The summed E-state index contributed by atoms with van der Waals surface area (Å²) < 4.78 is 40.8. The minimum Gasteiger partial charge on any atom is -0.344 e. The van der Waals surface area contributed by atoms with Gasteiger partial charge in [-0.2, -0.15) is 0 Å². The van der Waals surface area contributed by atoms with Gasteiger partial charge in [-0.05, 0) is 51.7 Å². The van der Waals surface area contributed by atoms with E-state index in [-0.39, 0.29) is 35.8 Å². The first-order chi connectivity index (χ1) is 16.9. The second-order valence-corrected chi connectivity index (χ2v) is 7.18. The number of fused-ring (bicyclic) bond motifs is 1. The topological polar surface area (TPSA) is 3.24 Å². The van der Waals surface area contributed by atoms with Crippen LogP contribution >= 0.6 is 0 Å². The van der Waals surface area contributed by atoms with Gasteiger partial charge in [-0.25, -0.2) is 0 Å². The number of para-hydroxylation sites is 1. The van der Waals surface area contributed by atoms with Crippen LogP contribution in [0.4, 0.5) is 11.4 Å². The van der Waals surface area contributed by atoms with Crippen LogP contribution in [0.2, 0.25) is 0 Å². The minimum atomic E-state index is -0.390. The monoisotopic (exact) mass is 390 g/mol. The summed E-state index contributed by atoms with van der Waals surface area (Å²) in [5.74, 6) is 0. The van der Waals surface area contributed by atoms with Crippen LogP contribution in [0.15, 0.2) is 121 Å². The maximum atomic E-state index is 8.40. The summed E-state index contributed by atoms with van der Waals surface area (Å²) >= 11 is 0. The molecule has 0 amide bonds. The third-order valence-electron chi connectivity index (χ3n) is 5.37. The highest BCUT2D eigenvalue weighted by atomic mass is 15.1. The predicted octanol–water partition coefficient (Wildman–Crippen LogP) is 7.94. The van der Waals surface area contributed by atoms with Crippen molar-refractivity contribution in [3.63, 3.8) is 0 Å². The Morgan fingerprint density at radius 2 is 1.27 bits per heavy atom. The van der Waals surface area contributed by atoms with Gasteiger partial charge in [-0.1, -0.05) is 96.9 Å². The quantitative estimate of drug-likeness (QED) is 0.301. The van der Waals surface area contributed by atoms with Crippen LogP contribution in [0.1, 0.15) is 6.85 Å². The van der Waals surface area contributed by atoms with Gasteiger partial charge in [0.25, 0.3) is 0 Å². The number of anilines is 2. The Labute approximate surface area is 184 Å². The Morgan fingerprint density at radius 1 is 0.600 bits per heavy atom. The van der Waals surface area contributed by atoms with Gasteiger partial charge in [0.2, 0.25) is 0 Å². The van der Waals surface area contributed by atoms with Crippen LogP contribution in [-0.2, 0) is 0 Å². The third-order valence-corrected chi connectivity index (χ3v) is 5.37. The highest BCUT2D eigenvalue weighted by Gasteiger charge is 2.11. The van der Waals surface area contributed by atoms with Gasteiger partial charge in [0.05, 0.1) is 6.85 Å². The second kappa shape index (κ2) is 7.88. The lowest BCUT2D eigenvalue weighted by Crippen LogP contribution is -2.10. The Morgan fingerprint density at radius 3 is 2.07 bits per heavy atom. The van der Waals surface area contributed by atoms with Gasteiger partial charge >= 0.3 is 0 Å². The Kier molecular flexibility index (Phi) is 3.52. The molecule has 0 aliphatic carbocycles. The van der Waals surface area contributed by atoms with Crippen LogP contribution in [0.5, 0.6) is 0 Å². The number of hydrogen-bond donors (Lipinski definition) is 0. The number of benzene rings is 5. The molecule has 0 spiro atoms. The lowest BCUT2D eigenvalue weighted by molar-refractivity contribution is 1.21. The van der Waals surface area contributed by atoms with Crippen molar-refractivity contribution in [2.45, 2.75) is 0 Å². The lowest BCUT2D eigenvalue weighted by Gasteiger charge is -2.23. The summed E-state index contributed by atoms with van der Waals surface area (Å²) in [5, 5.41) is 2.40. The predicted molar refractivity (Wildman–Crippen MR) is 129 cm³/mol. The molecule has 0 radical (unpaired) electrons. The molecule has 30 heavy (non-hydrogen) atoms. The second-order valence-electron chi connectivity index (χ2n) is 7.18. The van der Waals surface area contributed by atoms with Crippen molar-refractivity contribution in [2.75, 3.05) is 11.9 Å². The van der Waals surface area contributed by atoms with Crippen molar-refractivity contribution in [3.8, 4) is 22.3 Å². The molecule has 5 aromatic carbocycles. The summed E-state index contributed by atoms with van der Waals surface area (Å²) in [6, 6.07) is 28.8. The van der Waals surface area contributed by atoms with Crippen molar-refractivity contribution in [2.24, 2.45) is 0 Å². The molecule has 0 heterocycles. The van der Waals surface area contributed by atoms with Crippen LogP contribution in [0.3, 0.4) is 0 Å². The molecule has 0 bridgehead atoms. The standard InChI is InChI=1S/C29H23N/c1-30(29-14-8-7-13-28(29)24-10-3-2-4-11-24)27-19-17-23(18-20-27)26-16-15-22-9-5-6-12-25(22)21-26/h2-21H,1H3/i2D,3D,4D,10D,11D. The van der Waals surface area contributed by atoms with E-state index in [2.05, 4.69) is 42.5 Å². The molecule has 0 aliphatic rings. The van der Waals surface area contributed by atoms with E-state index in [0.29, 0.717) is 5.56 Å². The molecule has 0 aromatic heterocycles. The minimum absolute atomic E-state index is 0.200. The number of hydrogen-bond acceptors (Lipinski definition) is 1. The van der Waals surface area contributed by atoms with Gasteiger partial charge < -0.3 is 4.90 Å². The van der Waals surface area contributed by atoms with Crippen LogP contribution in [0, 0.1) is 0 Å². The fraction of sp³-hybridized carbons (Fsp3) is 0.0345. The maximum absolute atomic E-state index is 8.40. The maximum Gasteiger partial charge on any atom is 0.0629 e. The highest BCUT2D eigenvalue weighted by molar-refractivity contribution is 5.88. The van der Waals surface area contributed by atoms with E-state index in [1.165, 1.54) is 10.8 Å². The molecule has 0 saturated carbocycles. The van der Waals surface area contributed by atoms with Crippen LogP contribution < -0.4 is 4.90 Å². The van der Waals surface area contributed by atoms with Gasteiger partial charge in [0.1, 0.15) is 0 Å². The first kappa shape index (κ1) is 13.4. The van der Waals surface area contributed by atoms with Gasteiger partial charge in [-0.15, -0.1) is 0 Å². The molecule has 0 fully saturated rings. The van der Waals surface area contributed by atoms with Gasteiger partial charge in [0.15, 0.2) is 0 Å². The molecule has 0 aliphatic heterocycles. The third kappa shape index (κ3) is 3.46. The van der Waals surface area contributed by atoms with Crippen LogP contribution in [0.25, 0.3) is 33.0 Å². The molecular formula is C29H23N. The van der Waals surface area contributed by atoms with Gasteiger partial charge in [0, 0.05) is 24.0 Å². The molecule has 0 unspecified atom stereocenters. The Balaban J connectivity index is 1.53. The van der Waals surface area contributed by atoms with E-state index >= 15 is 0 Å². The summed E-state index contributed by atoms with van der Waals surface area (Å²) in [7, 11) is 1.92. The first-order valence-electron chi connectivity index (χ1n) is 12.4. The zero-order valence-electron chi connectivity index (χ0n) is 21.6. The van der Waals surface area contributed by atoms with Crippen molar-refractivity contribution >= 4 is 22.1 Å². The van der Waals surface area contributed by atoms with Crippen molar-refractivity contribution < 1.29 is 6.85 Å². The fourth-order valence-corrected chi connectivity index (χ4v) is 3.75. The molecule has 144 valence electrons. The SMILES string of the molecule is [2H]c1c([2H])c([2H])c(-c2ccccc2N(C)c2ccc(-c3ccc4ccccc4c3)cc2)c([2H])c1[2H]. The lowest BCUT2D eigenvalue weighted by atomic mass is 10.0. The smallest absolute Gasteiger partial charge is 0.0629 e. The summed E-state index contributed by atoms with van der Waals surface area (Å²) in [5.41, 5.74) is 4.71. The van der Waals surface area contributed by atoms with Crippen molar-refractivity contribution in [1.29, 1.82) is 0 Å². The number of rotatable bonds is 4. The molecule has 1 nitrogen and oxygen atoms in total. The molecule has 0 saturated heterocycles. The Bertz CT molecular complexity index is 1530. The number of nitrogens with zero attached hydrogens (tertiary/aromatic N) is 1. The van der Waals surface area contributed by atoms with E-state index in [1.54, 1.807) is 6.07 Å². The summed E-state index contributed by atoms with van der Waals surface area (Å²) in [6.07, 6.45) is 0. The van der Waals surface area contributed by atoms with E-state index in [0.717, 1.165) is 22.5 Å². The zero-order valence-corrected chi connectivity index (χ0v) is 16.6. The van der Waals surface area contributed by atoms with Crippen LogP contribution in [-0.4, -0.2) is 7.05 Å². The average Bonchev–Trinajstić information content (AvgIpc) is 2.90. The summed E-state index contributed by atoms with van der Waals surface area (Å²) in [4.78, 5) is 1.97. The zero-order chi connectivity index (χ0) is 24.7. The average molecular weight is 391 g/mol. The molecule has 0 N–H and O–H groups in total. The first-order valence-corrected chi connectivity index (χ1v) is 9.86. The van der Waals surface area contributed by atoms with E-state index < -0.39 is 0 Å². The van der Waals surface area contributed by atoms with Crippen molar-refractivity contribution in [3.05, 3.63) is 121 Å². The largest absolute Gasteiger partial charge is 0.344 e. The molecule has 0 atom stereocenters. The van der Waals surface area contributed by atoms with Crippen molar-refractivity contribution in [1.82, 2.24) is 0 Å². The molecule has 1 heteroatoms. The molecule has 5 aromatic rings.